The van der Waals surface area contributed by atoms with Crippen LogP contribution in [0, 0.1) is 5.41 Å². The summed E-state index contributed by atoms with van der Waals surface area (Å²) in [5, 5.41) is 7.51. The molecular weight excluding hydrogens is 112 g/mol. The highest BCUT2D eigenvalue weighted by molar-refractivity contribution is 4.65. The van der Waals surface area contributed by atoms with E-state index < -0.39 is 0 Å². The van der Waals surface area contributed by atoms with Crippen LogP contribution >= 0.6 is 0 Å². The van der Waals surface area contributed by atoms with E-state index in [4.69, 9.17) is 0 Å². The summed E-state index contributed by atoms with van der Waals surface area (Å²) in [6.45, 7) is 10.5. The zero-order valence-electron chi connectivity index (χ0n) is 6.39. The van der Waals surface area contributed by atoms with Gasteiger partial charge in [0.05, 0.1) is 6.54 Å². The minimum absolute atomic E-state index is 0.243. The zero-order valence-corrected chi connectivity index (χ0v) is 6.39. The molecule has 2 nitrogen and oxygen atoms in total. The van der Waals surface area contributed by atoms with Crippen molar-refractivity contribution in [1.29, 1.82) is 0 Å². The topological polar surface area (TPSA) is 24.7 Å². The lowest BCUT2D eigenvalue weighted by atomic mass is 9.98. The second-order valence-electron chi connectivity index (χ2n) is 3.16. The summed E-state index contributed by atoms with van der Waals surface area (Å²) in [7, 11) is 0. The Morgan fingerprint density at radius 2 is 2.00 bits per heavy atom. The quantitative estimate of drug-likeness (QED) is 0.508. The second kappa shape index (κ2) is 3.38. The van der Waals surface area contributed by atoms with Crippen LogP contribution in [0.3, 0.4) is 0 Å². The lowest BCUT2D eigenvalue weighted by Crippen LogP contribution is -2.08. The van der Waals surface area contributed by atoms with Gasteiger partial charge in [-0.2, -0.15) is 10.2 Å². The van der Waals surface area contributed by atoms with Crippen molar-refractivity contribution in [3.05, 3.63) is 12.8 Å². The number of rotatable bonds is 2. The lowest BCUT2D eigenvalue weighted by Gasteiger charge is -2.12. The molecule has 0 amide bonds. The molecule has 0 aliphatic carbocycles. The summed E-state index contributed by atoms with van der Waals surface area (Å²) < 4.78 is 0. The van der Waals surface area contributed by atoms with E-state index in [1.807, 2.05) is 0 Å². The van der Waals surface area contributed by atoms with Gasteiger partial charge in [-0.3, -0.25) is 0 Å². The minimum atomic E-state index is 0.243. The molecule has 0 bridgehead atoms. The zero-order chi connectivity index (χ0) is 7.33. The fraction of sp³-hybridized carbons (Fsp3) is 0.714. The molecule has 0 unspecified atom stereocenters. The molecule has 0 heterocycles. The van der Waals surface area contributed by atoms with Gasteiger partial charge in [0, 0.05) is 6.20 Å². The number of hydrogen-bond acceptors (Lipinski definition) is 2. The molecule has 0 N–H and O–H groups in total. The molecule has 0 spiro atoms. The maximum atomic E-state index is 3.87. The Bertz CT molecular complexity index is 109. The van der Waals surface area contributed by atoms with Crippen LogP contribution in [0.1, 0.15) is 20.8 Å². The Morgan fingerprint density at radius 1 is 1.44 bits per heavy atom. The van der Waals surface area contributed by atoms with E-state index in [-0.39, 0.29) is 5.41 Å². The average Bonchev–Trinajstić information content (AvgIpc) is 1.63. The van der Waals surface area contributed by atoms with Crippen LogP contribution in [0.5, 0.6) is 0 Å². The van der Waals surface area contributed by atoms with Gasteiger partial charge in [0.2, 0.25) is 0 Å². The Balaban J connectivity index is 3.50. The molecule has 0 aliphatic heterocycles. The first-order valence-electron chi connectivity index (χ1n) is 3.04. The fourth-order valence-corrected chi connectivity index (χ4v) is 0.311. The van der Waals surface area contributed by atoms with Gasteiger partial charge >= 0.3 is 0 Å². The Kier molecular flexibility index (Phi) is 3.13. The van der Waals surface area contributed by atoms with Gasteiger partial charge < -0.3 is 0 Å². The molecule has 0 fully saturated rings. The van der Waals surface area contributed by atoms with Crippen molar-refractivity contribution in [2.75, 3.05) is 6.54 Å². The van der Waals surface area contributed by atoms with Crippen molar-refractivity contribution in [2.45, 2.75) is 20.8 Å². The van der Waals surface area contributed by atoms with Crippen LogP contribution in [-0.4, -0.2) is 6.54 Å². The van der Waals surface area contributed by atoms with E-state index in [1.54, 1.807) is 0 Å². The number of nitrogens with zero attached hydrogens (tertiary/aromatic N) is 2. The van der Waals surface area contributed by atoms with Crippen LogP contribution in [0.15, 0.2) is 23.0 Å². The Labute approximate surface area is 56.7 Å². The van der Waals surface area contributed by atoms with Gasteiger partial charge in [0.25, 0.3) is 0 Å². The van der Waals surface area contributed by atoms with E-state index in [0.717, 1.165) is 6.54 Å². The average molecular weight is 126 g/mol. The normalized spacial score (nSPS) is 12.3. The molecular formula is C7H14N2. The van der Waals surface area contributed by atoms with Crippen LogP contribution < -0.4 is 0 Å². The van der Waals surface area contributed by atoms with Crippen LogP contribution in [0.4, 0.5) is 0 Å². The third-order valence-corrected chi connectivity index (χ3v) is 0.708. The highest BCUT2D eigenvalue weighted by atomic mass is 15.1. The Morgan fingerprint density at radius 3 is 2.33 bits per heavy atom. The minimum Gasteiger partial charge on any atom is -0.189 e. The Hall–Kier alpha value is -0.660. The van der Waals surface area contributed by atoms with Gasteiger partial charge in [-0.1, -0.05) is 27.4 Å². The van der Waals surface area contributed by atoms with Gasteiger partial charge in [0.15, 0.2) is 0 Å². The first-order chi connectivity index (χ1) is 4.06. The summed E-state index contributed by atoms with van der Waals surface area (Å²) in [6, 6.07) is 0. The molecule has 52 valence electrons. The summed E-state index contributed by atoms with van der Waals surface area (Å²) in [4.78, 5) is 0. The van der Waals surface area contributed by atoms with Crippen molar-refractivity contribution >= 4 is 0 Å². The molecule has 0 radical (unpaired) electrons. The molecule has 0 aromatic heterocycles. The highest BCUT2D eigenvalue weighted by Crippen LogP contribution is 2.12. The van der Waals surface area contributed by atoms with E-state index in [1.165, 1.54) is 6.20 Å². The molecule has 0 atom stereocenters. The summed E-state index contributed by atoms with van der Waals surface area (Å²) >= 11 is 0. The summed E-state index contributed by atoms with van der Waals surface area (Å²) in [5.41, 5.74) is 0.243. The molecule has 0 saturated heterocycles. The molecule has 0 aliphatic rings. The van der Waals surface area contributed by atoms with E-state index in [9.17, 15) is 0 Å². The predicted molar refractivity (Wildman–Crippen MR) is 39.4 cm³/mol. The van der Waals surface area contributed by atoms with Gasteiger partial charge in [-0.15, -0.1) is 0 Å². The molecule has 9 heavy (non-hydrogen) atoms. The largest absolute Gasteiger partial charge is 0.189 e. The SMILES string of the molecule is C=CN=NCC(C)(C)C. The van der Waals surface area contributed by atoms with Crippen molar-refractivity contribution in [1.82, 2.24) is 0 Å². The van der Waals surface area contributed by atoms with Crippen molar-refractivity contribution < 1.29 is 0 Å². The van der Waals surface area contributed by atoms with Crippen molar-refractivity contribution in [3.8, 4) is 0 Å². The van der Waals surface area contributed by atoms with Crippen molar-refractivity contribution in [2.24, 2.45) is 15.6 Å². The molecule has 0 aromatic carbocycles. The fourth-order valence-electron chi connectivity index (χ4n) is 0.311. The number of azo groups is 1. The summed E-state index contributed by atoms with van der Waals surface area (Å²) in [6.07, 6.45) is 1.45. The molecule has 0 saturated carbocycles. The van der Waals surface area contributed by atoms with Gasteiger partial charge in [0.1, 0.15) is 0 Å². The number of hydrogen-bond donors (Lipinski definition) is 0. The molecule has 2 heteroatoms. The maximum Gasteiger partial charge on any atom is 0.0651 e. The molecule has 0 rings (SSSR count). The third-order valence-electron chi connectivity index (χ3n) is 0.708. The van der Waals surface area contributed by atoms with Gasteiger partial charge in [-0.25, -0.2) is 0 Å². The van der Waals surface area contributed by atoms with E-state index in [0.29, 0.717) is 0 Å². The van der Waals surface area contributed by atoms with Crippen molar-refractivity contribution in [3.63, 3.8) is 0 Å². The lowest BCUT2D eigenvalue weighted by molar-refractivity contribution is 0.422. The van der Waals surface area contributed by atoms with Crippen LogP contribution in [-0.2, 0) is 0 Å². The smallest absolute Gasteiger partial charge is 0.0651 e. The molecule has 0 aromatic rings. The van der Waals surface area contributed by atoms with E-state index in [2.05, 4.69) is 37.6 Å². The predicted octanol–water partition coefficient (Wildman–Crippen LogP) is 2.63. The van der Waals surface area contributed by atoms with E-state index >= 15 is 0 Å². The monoisotopic (exact) mass is 126 g/mol. The van der Waals surface area contributed by atoms with Crippen LogP contribution in [0.2, 0.25) is 0 Å². The second-order valence-corrected chi connectivity index (χ2v) is 3.16. The summed E-state index contributed by atoms with van der Waals surface area (Å²) in [5.74, 6) is 0. The standard InChI is InChI=1S/C7H14N2/c1-5-8-9-6-7(2,3)4/h5H,1,6H2,2-4H3. The highest BCUT2D eigenvalue weighted by Gasteiger charge is 2.07. The first-order valence-corrected chi connectivity index (χ1v) is 3.04. The van der Waals surface area contributed by atoms with Crippen LogP contribution in [0.25, 0.3) is 0 Å². The third kappa shape index (κ3) is 7.34. The maximum absolute atomic E-state index is 3.87. The first kappa shape index (κ1) is 8.34. The van der Waals surface area contributed by atoms with Gasteiger partial charge in [-0.05, 0) is 5.41 Å².